The van der Waals surface area contributed by atoms with E-state index in [1.54, 1.807) is 12.1 Å². The fraction of sp³-hybridized carbons (Fsp3) is 0.571. The van der Waals surface area contributed by atoms with E-state index >= 15 is 0 Å². The van der Waals surface area contributed by atoms with Crippen LogP contribution in [0.3, 0.4) is 0 Å². The minimum atomic E-state index is -0.579. The lowest BCUT2D eigenvalue weighted by Gasteiger charge is -2.41. The topological polar surface area (TPSA) is 26.0 Å². The Morgan fingerprint density at radius 3 is 2.33 bits per heavy atom. The summed E-state index contributed by atoms with van der Waals surface area (Å²) < 4.78 is 14.8. The maximum atomic E-state index is 14.2. The predicted octanol–water partition coefficient (Wildman–Crippen LogP) is 5.00. The van der Waals surface area contributed by atoms with Crippen LogP contribution in [0.2, 0.25) is 5.02 Å². The Bertz CT molecular complexity index is 463. The van der Waals surface area contributed by atoms with Gasteiger partial charge in [0.05, 0.1) is 5.02 Å². The van der Waals surface area contributed by atoms with Gasteiger partial charge in [-0.1, -0.05) is 31.5 Å². The Kier molecular flexibility index (Phi) is 3.79. The van der Waals surface area contributed by atoms with Crippen molar-refractivity contribution in [3.8, 4) is 0 Å². The van der Waals surface area contributed by atoms with Crippen LogP contribution in [0.4, 0.5) is 4.39 Å². The first-order chi connectivity index (χ1) is 8.25. The summed E-state index contributed by atoms with van der Waals surface area (Å²) in [5.74, 6) is -0.381. The predicted molar refractivity (Wildman–Crippen MR) is 77.2 cm³/mol. The van der Waals surface area contributed by atoms with Crippen LogP contribution < -0.4 is 5.73 Å². The van der Waals surface area contributed by atoms with E-state index in [1.165, 1.54) is 0 Å². The molecule has 1 aliphatic carbocycles. The Morgan fingerprint density at radius 2 is 1.78 bits per heavy atom. The minimum Gasteiger partial charge on any atom is -0.321 e. The van der Waals surface area contributed by atoms with Crippen molar-refractivity contribution in [2.75, 3.05) is 0 Å². The molecule has 0 amide bonds. The first-order valence-corrected chi connectivity index (χ1v) is 7.35. The molecule has 18 heavy (non-hydrogen) atoms. The number of rotatable bonds is 1. The van der Waals surface area contributed by atoms with Gasteiger partial charge in [-0.3, -0.25) is 0 Å². The van der Waals surface area contributed by atoms with Crippen molar-refractivity contribution in [2.45, 2.75) is 45.1 Å². The smallest absolute Gasteiger partial charge is 0.147 e. The Morgan fingerprint density at radius 1 is 1.22 bits per heavy atom. The average Bonchev–Trinajstić information content (AvgIpc) is 2.31. The molecule has 1 aliphatic rings. The van der Waals surface area contributed by atoms with Gasteiger partial charge < -0.3 is 5.73 Å². The van der Waals surface area contributed by atoms with Crippen LogP contribution in [0.1, 0.15) is 45.1 Å². The van der Waals surface area contributed by atoms with Crippen molar-refractivity contribution in [3.63, 3.8) is 0 Å². The molecule has 1 aromatic rings. The second-order valence-corrected chi connectivity index (χ2v) is 7.28. The molecule has 100 valence electrons. The van der Waals surface area contributed by atoms with Gasteiger partial charge in [-0.05, 0) is 53.1 Å². The fourth-order valence-corrected chi connectivity index (χ4v) is 3.02. The summed E-state index contributed by atoms with van der Waals surface area (Å²) in [6.07, 6.45) is 3.62. The highest BCUT2D eigenvalue weighted by Crippen LogP contribution is 2.45. The van der Waals surface area contributed by atoms with E-state index in [0.717, 1.165) is 25.7 Å². The van der Waals surface area contributed by atoms with E-state index in [0.29, 0.717) is 15.5 Å². The number of hydrogen-bond donors (Lipinski definition) is 1. The van der Waals surface area contributed by atoms with Crippen LogP contribution in [0.15, 0.2) is 16.6 Å². The van der Waals surface area contributed by atoms with Crippen molar-refractivity contribution >= 4 is 27.5 Å². The van der Waals surface area contributed by atoms with Crippen molar-refractivity contribution in [3.05, 3.63) is 33.0 Å². The van der Waals surface area contributed by atoms with Gasteiger partial charge in [0.2, 0.25) is 0 Å². The third-order valence-corrected chi connectivity index (χ3v) is 5.33. The highest BCUT2D eigenvalue weighted by atomic mass is 79.9. The molecule has 2 N–H and O–H groups in total. The standard InChI is InChI=1S/C14H18BrClFN/c1-13(2)5-7-14(18,8-6-13)9-3-4-10(15)11(16)12(9)17/h3-4H,5-8,18H2,1-2H3. The molecule has 1 saturated carbocycles. The molecule has 0 bridgehead atoms. The van der Waals surface area contributed by atoms with Gasteiger partial charge in [0, 0.05) is 15.6 Å². The summed E-state index contributed by atoms with van der Waals surface area (Å²) in [5, 5.41) is 0.127. The summed E-state index contributed by atoms with van der Waals surface area (Å²) in [4.78, 5) is 0. The minimum absolute atomic E-state index is 0.127. The van der Waals surface area contributed by atoms with Crippen LogP contribution in [-0.2, 0) is 5.54 Å². The summed E-state index contributed by atoms with van der Waals surface area (Å²) >= 11 is 9.17. The maximum absolute atomic E-state index is 14.2. The molecule has 1 fully saturated rings. The molecule has 1 nitrogen and oxygen atoms in total. The molecule has 0 unspecified atom stereocenters. The van der Waals surface area contributed by atoms with Gasteiger partial charge in [0.25, 0.3) is 0 Å². The Balaban J connectivity index is 2.35. The first-order valence-electron chi connectivity index (χ1n) is 6.18. The molecule has 2 rings (SSSR count). The molecular formula is C14H18BrClFN. The summed E-state index contributed by atoms with van der Waals surface area (Å²) in [6.45, 7) is 4.47. The summed E-state index contributed by atoms with van der Waals surface area (Å²) in [7, 11) is 0. The van der Waals surface area contributed by atoms with Gasteiger partial charge in [0.1, 0.15) is 5.82 Å². The van der Waals surface area contributed by atoms with E-state index in [4.69, 9.17) is 17.3 Å². The van der Waals surface area contributed by atoms with Crippen LogP contribution in [0.25, 0.3) is 0 Å². The van der Waals surface area contributed by atoms with Gasteiger partial charge in [-0.2, -0.15) is 0 Å². The number of benzene rings is 1. The average molecular weight is 335 g/mol. The molecule has 0 aliphatic heterocycles. The molecular weight excluding hydrogens is 317 g/mol. The molecule has 1 aromatic carbocycles. The van der Waals surface area contributed by atoms with Crippen LogP contribution in [0, 0.1) is 11.2 Å². The van der Waals surface area contributed by atoms with Gasteiger partial charge in [0.15, 0.2) is 0 Å². The zero-order valence-corrected chi connectivity index (χ0v) is 13.0. The van der Waals surface area contributed by atoms with Crippen molar-refractivity contribution < 1.29 is 4.39 Å². The van der Waals surface area contributed by atoms with Crippen LogP contribution in [0.5, 0.6) is 0 Å². The lowest BCUT2D eigenvalue weighted by molar-refractivity contribution is 0.162. The van der Waals surface area contributed by atoms with Gasteiger partial charge >= 0.3 is 0 Å². The van der Waals surface area contributed by atoms with E-state index in [9.17, 15) is 4.39 Å². The Hall–Kier alpha value is -0.120. The molecule has 0 aromatic heterocycles. The molecule has 0 atom stereocenters. The first kappa shape index (κ1) is 14.3. The number of hydrogen-bond acceptors (Lipinski definition) is 1. The monoisotopic (exact) mass is 333 g/mol. The quantitative estimate of drug-likeness (QED) is 0.719. The molecule has 0 spiro atoms. The fourth-order valence-electron chi connectivity index (χ4n) is 2.55. The van der Waals surface area contributed by atoms with Crippen molar-refractivity contribution in [1.82, 2.24) is 0 Å². The van der Waals surface area contributed by atoms with Crippen molar-refractivity contribution in [2.24, 2.45) is 11.1 Å². The van der Waals surface area contributed by atoms with E-state index in [2.05, 4.69) is 29.8 Å². The molecule has 0 heterocycles. The highest BCUT2D eigenvalue weighted by molar-refractivity contribution is 9.10. The lowest BCUT2D eigenvalue weighted by Crippen LogP contribution is -2.43. The summed E-state index contributed by atoms with van der Waals surface area (Å²) in [5.41, 5.74) is 6.68. The largest absolute Gasteiger partial charge is 0.321 e. The van der Waals surface area contributed by atoms with E-state index in [1.807, 2.05) is 0 Å². The number of halogens is 3. The normalized spacial score (nSPS) is 21.9. The van der Waals surface area contributed by atoms with Crippen LogP contribution in [-0.4, -0.2) is 0 Å². The highest BCUT2D eigenvalue weighted by Gasteiger charge is 2.38. The maximum Gasteiger partial charge on any atom is 0.147 e. The lowest BCUT2D eigenvalue weighted by atomic mass is 9.67. The Labute approximate surface area is 121 Å². The zero-order chi connectivity index (χ0) is 13.6. The molecule has 4 heteroatoms. The second kappa shape index (κ2) is 4.77. The SMILES string of the molecule is CC1(C)CCC(N)(c2ccc(Br)c(Cl)c2F)CC1. The van der Waals surface area contributed by atoms with Crippen LogP contribution >= 0.6 is 27.5 Å². The number of nitrogens with two attached hydrogens (primary N) is 1. The molecule has 0 saturated heterocycles. The zero-order valence-electron chi connectivity index (χ0n) is 10.7. The van der Waals surface area contributed by atoms with Crippen molar-refractivity contribution in [1.29, 1.82) is 0 Å². The van der Waals surface area contributed by atoms with Gasteiger partial charge in [-0.15, -0.1) is 0 Å². The third kappa shape index (κ3) is 2.59. The second-order valence-electron chi connectivity index (χ2n) is 6.04. The molecule has 0 radical (unpaired) electrons. The van der Waals surface area contributed by atoms with E-state index in [-0.39, 0.29) is 10.8 Å². The third-order valence-electron chi connectivity index (χ3n) is 4.07. The van der Waals surface area contributed by atoms with E-state index < -0.39 is 5.54 Å². The summed E-state index contributed by atoms with van der Waals surface area (Å²) in [6, 6.07) is 3.53. The van der Waals surface area contributed by atoms with Gasteiger partial charge in [-0.25, -0.2) is 4.39 Å².